The third-order valence-corrected chi connectivity index (χ3v) is 6.02. The Bertz CT molecular complexity index is 1090. The van der Waals surface area contributed by atoms with E-state index in [2.05, 4.69) is 15.3 Å². The number of nitrogens with one attached hydrogen (secondary N) is 1. The summed E-state index contributed by atoms with van der Waals surface area (Å²) in [5.74, 6) is -0.998. The summed E-state index contributed by atoms with van der Waals surface area (Å²) in [5.41, 5.74) is 1.83. The fourth-order valence-corrected chi connectivity index (χ4v) is 4.37. The zero-order valence-electron chi connectivity index (χ0n) is 15.2. The van der Waals surface area contributed by atoms with Gasteiger partial charge >= 0.3 is 5.97 Å². The Balaban J connectivity index is 1.54. The number of anilines is 1. The second kappa shape index (κ2) is 8.82. The van der Waals surface area contributed by atoms with Gasteiger partial charge in [-0.1, -0.05) is 23.9 Å². The maximum absolute atomic E-state index is 12.0. The minimum atomic E-state index is -0.523. The molecule has 3 aromatic rings. The molecule has 1 N–H and O–H groups in total. The van der Waals surface area contributed by atoms with Crippen molar-refractivity contribution in [3.8, 4) is 6.07 Å². The monoisotopic (exact) mass is 412 g/mol. The molecule has 0 unspecified atom stereocenters. The SMILES string of the molecule is Cc1sc2ncnc(SCC(=O)OCC(=O)Nc3ccccc3C#N)c2c1C. The first-order valence-electron chi connectivity index (χ1n) is 8.27. The molecule has 0 bridgehead atoms. The van der Waals surface area contributed by atoms with E-state index in [4.69, 9.17) is 10.00 Å². The molecule has 0 radical (unpaired) electrons. The number of rotatable bonds is 6. The number of aryl methyl sites for hydroxylation is 2. The van der Waals surface area contributed by atoms with Crippen LogP contribution in [0, 0.1) is 25.2 Å². The fraction of sp³-hybridized carbons (Fsp3) is 0.211. The van der Waals surface area contributed by atoms with Crippen LogP contribution in [0.25, 0.3) is 10.2 Å². The van der Waals surface area contributed by atoms with Crippen molar-refractivity contribution in [2.75, 3.05) is 17.7 Å². The fourth-order valence-electron chi connectivity index (χ4n) is 2.45. The summed E-state index contributed by atoms with van der Waals surface area (Å²) < 4.78 is 5.02. The van der Waals surface area contributed by atoms with Gasteiger partial charge in [-0.15, -0.1) is 11.3 Å². The average molecular weight is 412 g/mol. The lowest BCUT2D eigenvalue weighted by atomic mass is 10.2. The number of nitrogens with zero attached hydrogens (tertiary/aromatic N) is 3. The molecule has 2 aromatic heterocycles. The molecular weight excluding hydrogens is 396 g/mol. The number of carbonyl (C=O) groups excluding carboxylic acids is 2. The molecule has 0 aliphatic carbocycles. The summed E-state index contributed by atoms with van der Waals surface area (Å²) in [6.45, 7) is 3.60. The van der Waals surface area contributed by atoms with Gasteiger partial charge in [0.25, 0.3) is 5.91 Å². The number of carbonyl (C=O) groups is 2. The van der Waals surface area contributed by atoms with Crippen molar-refractivity contribution in [2.24, 2.45) is 0 Å². The van der Waals surface area contributed by atoms with E-state index in [1.165, 1.54) is 18.1 Å². The molecule has 28 heavy (non-hydrogen) atoms. The van der Waals surface area contributed by atoms with Gasteiger partial charge in [0.1, 0.15) is 22.3 Å². The lowest BCUT2D eigenvalue weighted by Crippen LogP contribution is -2.22. The lowest BCUT2D eigenvalue weighted by molar-refractivity contribution is -0.144. The van der Waals surface area contributed by atoms with E-state index in [1.807, 2.05) is 19.9 Å². The standard InChI is InChI=1S/C19H16N4O3S2/c1-11-12(2)28-19-17(11)18(21-10-22-19)27-9-16(25)26-8-15(24)23-14-6-4-3-5-13(14)7-20/h3-6,10H,8-9H2,1-2H3,(H,23,24). The maximum atomic E-state index is 12.0. The van der Waals surface area contributed by atoms with Crippen LogP contribution in [-0.2, 0) is 14.3 Å². The number of nitriles is 1. The van der Waals surface area contributed by atoms with Gasteiger partial charge in [-0.05, 0) is 31.5 Å². The normalized spacial score (nSPS) is 10.5. The van der Waals surface area contributed by atoms with Crippen molar-refractivity contribution in [2.45, 2.75) is 18.9 Å². The first-order chi connectivity index (χ1) is 13.5. The molecular formula is C19H16N4O3S2. The molecule has 0 saturated carbocycles. The van der Waals surface area contributed by atoms with Gasteiger partial charge < -0.3 is 10.1 Å². The van der Waals surface area contributed by atoms with Crippen LogP contribution in [-0.4, -0.2) is 34.2 Å². The number of amides is 1. The minimum absolute atomic E-state index is 0.0303. The zero-order chi connectivity index (χ0) is 20.1. The van der Waals surface area contributed by atoms with Gasteiger partial charge in [0.2, 0.25) is 0 Å². The molecule has 0 atom stereocenters. The highest BCUT2D eigenvalue weighted by Gasteiger charge is 2.15. The van der Waals surface area contributed by atoms with E-state index >= 15 is 0 Å². The molecule has 7 nitrogen and oxygen atoms in total. The highest BCUT2D eigenvalue weighted by molar-refractivity contribution is 8.00. The minimum Gasteiger partial charge on any atom is -0.455 e. The molecule has 0 aliphatic rings. The van der Waals surface area contributed by atoms with E-state index in [0.717, 1.165) is 25.7 Å². The molecule has 0 saturated heterocycles. The molecule has 3 rings (SSSR count). The van der Waals surface area contributed by atoms with Crippen LogP contribution in [0.4, 0.5) is 5.69 Å². The largest absolute Gasteiger partial charge is 0.455 e. The van der Waals surface area contributed by atoms with Crippen molar-refractivity contribution >= 4 is 50.9 Å². The van der Waals surface area contributed by atoms with Crippen molar-refractivity contribution in [3.05, 3.63) is 46.6 Å². The molecule has 0 aliphatic heterocycles. The molecule has 2 heterocycles. The predicted molar refractivity (Wildman–Crippen MR) is 108 cm³/mol. The van der Waals surface area contributed by atoms with E-state index in [1.54, 1.807) is 35.6 Å². The van der Waals surface area contributed by atoms with Gasteiger partial charge in [0.05, 0.1) is 17.0 Å². The average Bonchev–Trinajstić information content (AvgIpc) is 2.99. The number of fused-ring (bicyclic) bond motifs is 1. The van der Waals surface area contributed by atoms with Crippen LogP contribution in [0.5, 0.6) is 0 Å². The second-order valence-electron chi connectivity index (χ2n) is 5.80. The van der Waals surface area contributed by atoms with Gasteiger partial charge in [-0.3, -0.25) is 9.59 Å². The first-order valence-corrected chi connectivity index (χ1v) is 10.1. The van der Waals surface area contributed by atoms with Gasteiger partial charge in [-0.25, -0.2) is 9.97 Å². The highest BCUT2D eigenvalue weighted by Crippen LogP contribution is 2.34. The summed E-state index contributed by atoms with van der Waals surface area (Å²) in [7, 11) is 0. The van der Waals surface area contributed by atoms with Crippen molar-refractivity contribution < 1.29 is 14.3 Å². The summed E-state index contributed by atoms with van der Waals surface area (Å²) in [4.78, 5) is 34.5. The second-order valence-corrected chi connectivity index (χ2v) is 7.96. The molecule has 0 spiro atoms. The van der Waals surface area contributed by atoms with E-state index in [0.29, 0.717) is 11.3 Å². The maximum Gasteiger partial charge on any atom is 0.316 e. The van der Waals surface area contributed by atoms with Gasteiger partial charge in [0, 0.05) is 10.3 Å². The Morgan fingerprint density at radius 1 is 1.29 bits per heavy atom. The van der Waals surface area contributed by atoms with E-state index in [-0.39, 0.29) is 5.75 Å². The topological polar surface area (TPSA) is 105 Å². The zero-order valence-corrected chi connectivity index (χ0v) is 16.8. The first kappa shape index (κ1) is 19.8. The lowest BCUT2D eigenvalue weighted by Gasteiger charge is -2.08. The van der Waals surface area contributed by atoms with Crippen molar-refractivity contribution in [3.63, 3.8) is 0 Å². The number of thioether (sulfide) groups is 1. The van der Waals surface area contributed by atoms with E-state index < -0.39 is 18.5 Å². The van der Waals surface area contributed by atoms with Crippen LogP contribution in [0.15, 0.2) is 35.6 Å². The number of hydrogen-bond donors (Lipinski definition) is 1. The molecule has 9 heteroatoms. The number of hydrogen-bond acceptors (Lipinski definition) is 8. The van der Waals surface area contributed by atoms with Crippen LogP contribution in [0.1, 0.15) is 16.0 Å². The molecule has 1 aromatic carbocycles. The smallest absolute Gasteiger partial charge is 0.316 e. The van der Waals surface area contributed by atoms with Crippen LogP contribution < -0.4 is 5.32 Å². The number of benzene rings is 1. The number of aromatic nitrogens is 2. The van der Waals surface area contributed by atoms with Crippen LogP contribution in [0.2, 0.25) is 0 Å². The Kier molecular flexibility index (Phi) is 6.23. The number of para-hydroxylation sites is 1. The quantitative estimate of drug-likeness (QED) is 0.375. The third-order valence-electron chi connectivity index (χ3n) is 3.94. The van der Waals surface area contributed by atoms with Gasteiger partial charge in [0.15, 0.2) is 6.61 Å². The van der Waals surface area contributed by atoms with Crippen LogP contribution in [0.3, 0.4) is 0 Å². The Morgan fingerprint density at radius 3 is 2.86 bits per heavy atom. The third kappa shape index (κ3) is 4.47. The summed E-state index contributed by atoms with van der Waals surface area (Å²) in [6.07, 6.45) is 1.48. The Hall–Kier alpha value is -2.96. The number of esters is 1. The number of ether oxygens (including phenoxy) is 1. The van der Waals surface area contributed by atoms with Gasteiger partial charge in [-0.2, -0.15) is 5.26 Å². The Morgan fingerprint density at radius 2 is 2.07 bits per heavy atom. The molecule has 142 valence electrons. The Labute approximate surface area is 169 Å². The van der Waals surface area contributed by atoms with E-state index in [9.17, 15) is 9.59 Å². The van der Waals surface area contributed by atoms with Crippen LogP contribution >= 0.6 is 23.1 Å². The van der Waals surface area contributed by atoms with Crippen molar-refractivity contribution in [1.82, 2.24) is 9.97 Å². The summed E-state index contributed by atoms with van der Waals surface area (Å²) >= 11 is 2.84. The predicted octanol–water partition coefficient (Wildman–Crippen LogP) is 3.45. The summed E-state index contributed by atoms with van der Waals surface area (Å²) in [5, 5.41) is 13.3. The van der Waals surface area contributed by atoms with Crippen molar-refractivity contribution in [1.29, 1.82) is 5.26 Å². The molecule has 0 fully saturated rings. The molecule has 1 amide bonds. The highest BCUT2D eigenvalue weighted by atomic mass is 32.2. The summed E-state index contributed by atoms with van der Waals surface area (Å²) in [6, 6.07) is 8.60. The number of thiophene rings is 1.